The first-order valence-corrected chi connectivity index (χ1v) is 10.1. The molecule has 0 bridgehead atoms. The normalized spacial score (nSPS) is 22.0. The summed E-state index contributed by atoms with van der Waals surface area (Å²) >= 11 is 0. The van der Waals surface area contributed by atoms with Gasteiger partial charge in [-0.1, -0.05) is 39.0 Å². The summed E-state index contributed by atoms with van der Waals surface area (Å²) in [5, 5.41) is 14.8. The first-order chi connectivity index (χ1) is 13.3. The Hall–Kier alpha value is -2.38. The molecule has 1 aliphatic heterocycles. The number of carboxylic acids is 2. The van der Waals surface area contributed by atoms with Crippen molar-refractivity contribution in [2.45, 2.75) is 77.2 Å². The average molecular weight is 393 g/mol. The van der Waals surface area contributed by atoms with Crippen LogP contribution in [0.5, 0.6) is 0 Å². The lowest BCUT2D eigenvalue weighted by Crippen LogP contribution is -2.51. The number of hydrogen-bond donors (Lipinski definition) is 3. The van der Waals surface area contributed by atoms with E-state index in [0.717, 1.165) is 37.4 Å². The van der Waals surface area contributed by atoms with Gasteiger partial charge in [0, 0.05) is 25.1 Å². The van der Waals surface area contributed by atoms with E-state index >= 15 is 0 Å². The van der Waals surface area contributed by atoms with Gasteiger partial charge in [0.15, 0.2) is 0 Å². The van der Waals surface area contributed by atoms with E-state index in [4.69, 9.17) is 19.8 Å². The summed E-state index contributed by atoms with van der Waals surface area (Å²) in [5.74, 6) is -2.55. The summed E-state index contributed by atoms with van der Waals surface area (Å²) in [6.45, 7) is 5.15. The Bertz CT molecular complexity index is 684. The lowest BCUT2D eigenvalue weighted by atomic mass is 9.84. The Morgan fingerprint density at radius 3 is 2.43 bits per heavy atom. The summed E-state index contributed by atoms with van der Waals surface area (Å²) in [5.41, 5.74) is 2.05. The molecule has 3 N–H and O–H groups in total. The molecule has 1 unspecified atom stereocenters. The number of aliphatic carboxylic acids is 2. The molecule has 28 heavy (non-hydrogen) atoms. The molecule has 0 aromatic carbocycles. The Morgan fingerprint density at radius 1 is 1.21 bits per heavy atom. The van der Waals surface area contributed by atoms with Crippen LogP contribution >= 0.6 is 0 Å². The molecule has 1 atom stereocenters. The molecule has 1 amide bonds. The van der Waals surface area contributed by atoms with E-state index in [1.54, 1.807) is 6.33 Å². The van der Waals surface area contributed by atoms with Crippen LogP contribution in [0.4, 0.5) is 0 Å². The SMILES string of the molecule is CCC1(C)c2nc[nH]c2CCN1C(=O)CCC1CCCCC1.O=C(O)C(=O)O. The third kappa shape index (κ3) is 5.11. The molecule has 0 saturated heterocycles. The highest BCUT2D eigenvalue weighted by Crippen LogP contribution is 2.37. The van der Waals surface area contributed by atoms with Gasteiger partial charge in [-0.2, -0.15) is 0 Å². The number of rotatable bonds is 4. The van der Waals surface area contributed by atoms with Crippen molar-refractivity contribution >= 4 is 17.8 Å². The van der Waals surface area contributed by atoms with Crippen molar-refractivity contribution in [1.29, 1.82) is 0 Å². The number of aromatic amines is 1. The van der Waals surface area contributed by atoms with Crippen molar-refractivity contribution in [3.8, 4) is 0 Å². The third-order valence-electron chi connectivity index (χ3n) is 6.07. The fourth-order valence-corrected chi connectivity index (χ4v) is 4.27. The van der Waals surface area contributed by atoms with E-state index in [0.29, 0.717) is 12.3 Å². The molecule has 3 rings (SSSR count). The van der Waals surface area contributed by atoms with E-state index in [-0.39, 0.29) is 5.54 Å². The second-order valence-corrected chi connectivity index (χ2v) is 7.81. The van der Waals surface area contributed by atoms with Gasteiger partial charge >= 0.3 is 11.9 Å². The summed E-state index contributed by atoms with van der Waals surface area (Å²) in [4.78, 5) is 40.9. The lowest BCUT2D eigenvalue weighted by molar-refractivity contribution is -0.159. The first kappa shape index (κ1) is 21.9. The predicted octanol–water partition coefficient (Wildman–Crippen LogP) is 2.94. The van der Waals surface area contributed by atoms with Crippen molar-refractivity contribution in [2.75, 3.05) is 6.54 Å². The number of amides is 1. The molecule has 1 saturated carbocycles. The van der Waals surface area contributed by atoms with Crippen LogP contribution in [0.3, 0.4) is 0 Å². The minimum absolute atomic E-state index is 0.239. The molecule has 8 nitrogen and oxygen atoms in total. The zero-order valence-corrected chi connectivity index (χ0v) is 16.7. The van der Waals surface area contributed by atoms with Gasteiger partial charge < -0.3 is 20.1 Å². The molecule has 156 valence electrons. The number of H-pyrrole nitrogens is 1. The minimum Gasteiger partial charge on any atom is -0.473 e. The van der Waals surface area contributed by atoms with Crippen LogP contribution < -0.4 is 0 Å². The van der Waals surface area contributed by atoms with Crippen molar-refractivity contribution in [2.24, 2.45) is 5.92 Å². The average Bonchev–Trinajstić information content (AvgIpc) is 3.18. The van der Waals surface area contributed by atoms with Gasteiger partial charge in [0.05, 0.1) is 17.6 Å². The molecule has 1 aliphatic carbocycles. The molecule has 1 fully saturated rings. The summed E-state index contributed by atoms with van der Waals surface area (Å²) < 4.78 is 0. The number of nitrogens with zero attached hydrogens (tertiary/aromatic N) is 2. The minimum atomic E-state index is -1.82. The van der Waals surface area contributed by atoms with Gasteiger partial charge in [-0.15, -0.1) is 0 Å². The highest BCUT2D eigenvalue weighted by Gasteiger charge is 2.41. The fraction of sp³-hybridized carbons (Fsp3) is 0.700. The molecule has 1 aromatic heterocycles. The molecule has 1 aromatic rings. The maximum absolute atomic E-state index is 12.8. The quantitative estimate of drug-likeness (QED) is 0.676. The highest BCUT2D eigenvalue weighted by molar-refractivity contribution is 6.27. The topological polar surface area (TPSA) is 124 Å². The smallest absolute Gasteiger partial charge is 0.414 e. The van der Waals surface area contributed by atoms with Crippen LogP contribution in [-0.4, -0.2) is 49.5 Å². The first-order valence-electron chi connectivity index (χ1n) is 10.1. The van der Waals surface area contributed by atoms with Crippen LogP contribution in [0, 0.1) is 5.92 Å². The van der Waals surface area contributed by atoms with Crippen molar-refractivity contribution in [3.63, 3.8) is 0 Å². The van der Waals surface area contributed by atoms with E-state index in [9.17, 15) is 4.79 Å². The standard InChI is InChI=1S/C18H29N3O.C2H2O4/c1-3-18(2)17-15(19-13-20-17)11-12-21(18)16(22)10-9-14-7-5-4-6-8-14;3-1(4)2(5)6/h13-14H,3-12H2,1-2H3,(H,19,20);(H,3,4)(H,5,6). The molecule has 8 heteroatoms. The van der Waals surface area contributed by atoms with Crippen molar-refractivity contribution in [3.05, 3.63) is 17.7 Å². The van der Waals surface area contributed by atoms with Gasteiger partial charge in [0.25, 0.3) is 0 Å². The van der Waals surface area contributed by atoms with Crippen molar-refractivity contribution < 1.29 is 24.6 Å². The number of nitrogens with one attached hydrogen (secondary N) is 1. The summed E-state index contributed by atoms with van der Waals surface area (Å²) in [6, 6.07) is 0. The fourth-order valence-electron chi connectivity index (χ4n) is 4.27. The summed E-state index contributed by atoms with van der Waals surface area (Å²) in [7, 11) is 0. The molecule has 2 heterocycles. The zero-order valence-electron chi connectivity index (χ0n) is 16.7. The number of carbonyl (C=O) groups is 3. The van der Waals surface area contributed by atoms with Crippen LogP contribution in [0.15, 0.2) is 6.33 Å². The van der Waals surface area contributed by atoms with E-state index < -0.39 is 11.9 Å². The third-order valence-corrected chi connectivity index (χ3v) is 6.07. The Kier molecular flexibility index (Phi) is 7.60. The summed E-state index contributed by atoms with van der Waals surface area (Å²) in [6.07, 6.45) is 12.1. The Balaban J connectivity index is 0.000000409. The number of aromatic nitrogens is 2. The molecule has 2 aliphatic rings. The largest absolute Gasteiger partial charge is 0.473 e. The van der Waals surface area contributed by atoms with E-state index in [1.807, 2.05) is 0 Å². The van der Waals surface area contributed by atoms with Crippen molar-refractivity contribution in [1.82, 2.24) is 14.9 Å². The van der Waals surface area contributed by atoms with E-state index in [2.05, 4.69) is 28.7 Å². The molecular formula is C20H31N3O5. The van der Waals surface area contributed by atoms with Gasteiger partial charge in [-0.3, -0.25) is 4.79 Å². The van der Waals surface area contributed by atoms with Gasteiger partial charge in [0.2, 0.25) is 5.91 Å². The Morgan fingerprint density at radius 2 is 1.86 bits per heavy atom. The highest BCUT2D eigenvalue weighted by atomic mass is 16.4. The molecule has 0 radical (unpaired) electrons. The molecule has 0 spiro atoms. The van der Waals surface area contributed by atoms with Gasteiger partial charge in [-0.25, -0.2) is 14.6 Å². The van der Waals surface area contributed by atoms with Gasteiger partial charge in [-0.05, 0) is 25.7 Å². The second-order valence-electron chi connectivity index (χ2n) is 7.81. The van der Waals surface area contributed by atoms with Crippen LogP contribution in [-0.2, 0) is 26.3 Å². The zero-order chi connectivity index (χ0) is 20.7. The second kappa shape index (κ2) is 9.71. The van der Waals surface area contributed by atoms with Crippen LogP contribution in [0.2, 0.25) is 0 Å². The maximum Gasteiger partial charge on any atom is 0.414 e. The van der Waals surface area contributed by atoms with Crippen LogP contribution in [0.1, 0.15) is 76.6 Å². The van der Waals surface area contributed by atoms with Crippen LogP contribution in [0.25, 0.3) is 0 Å². The molecular weight excluding hydrogens is 362 g/mol. The Labute approximate surface area is 165 Å². The number of hydrogen-bond acceptors (Lipinski definition) is 4. The van der Waals surface area contributed by atoms with Gasteiger partial charge in [0.1, 0.15) is 0 Å². The predicted molar refractivity (Wildman–Crippen MR) is 103 cm³/mol. The number of imidazole rings is 1. The number of carbonyl (C=O) groups excluding carboxylic acids is 1. The number of carboxylic acid groups (broad SMARTS) is 2. The lowest BCUT2D eigenvalue weighted by Gasteiger charge is -2.43. The number of fused-ring (bicyclic) bond motifs is 1. The van der Waals surface area contributed by atoms with E-state index in [1.165, 1.54) is 37.8 Å². The maximum atomic E-state index is 12.8. The monoisotopic (exact) mass is 393 g/mol.